The molecule has 164 valence electrons. The lowest BCUT2D eigenvalue weighted by atomic mass is 9.76. The van der Waals surface area contributed by atoms with Crippen LogP contribution in [0.25, 0.3) is 0 Å². The number of nitrogens with zero attached hydrogens (tertiary/aromatic N) is 2. The molecule has 0 bridgehead atoms. The predicted molar refractivity (Wildman–Crippen MR) is 110 cm³/mol. The Morgan fingerprint density at radius 1 is 1.03 bits per heavy atom. The van der Waals surface area contributed by atoms with E-state index in [1.807, 2.05) is 23.1 Å². The van der Waals surface area contributed by atoms with Gasteiger partial charge >= 0.3 is 6.09 Å². The Bertz CT molecular complexity index is 746. The van der Waals surface area contributed by atoms with E-state index >= 15 is 0 Å². The minimum atomic E-state index is -0.719. The molecule has 8 nitrogen and oxygen atoms in total. The smallest absolute Gasteiger partial charge is 0.409 e. The lowest BCUT2D eigenvalue weighted by Crippen LogP contribution is -2.49. The van der Waals surface area contributed by atoms with E-state index in [0.29, 0.717) is 31.8 Å². The minimum Gasteiger partial charge on any atom is -0.446 e. The third-order valence-electron chi connectivity index (χ3n) is 6.28. The van der Waals surface area contributed by atoms with Gasteiger partial charge in [0.2, 0.25) is 11.8 Å². The first-order valence-electron chi connectivity index (χ1n) is 10.6. The monoisotopic (exact) mass is 417 g/mol. The number of rotatable bonds is 4. The van der Waals surface area contributed by atoms with Crippen molar-refractivity contribution in [2.24, 2.45) is 11.8 Å². The molecule has 0 spiro atoms. The van der Waals surface area contributed by atoms with Gasteiger partial charge in [-0.3, -0.25) is 14.8 Å². The fourth-order valence-corrected chi connectivity index (χ4v) is 4.55. The Morgan fingerprint density at radius 3 is 2.30 bits per heavy atom. The van der Waals surface area contributed by atoms with Crippen LogP contribution in [0.4, 0.5) is 4.79 Å². The Kier molecular flexibility index (Phi) is 7.31. The average Bonchev–Trinajstić information content (AvgIpc) is 2.78. The summed E-state index contributed by atoms with van der Waals surface area (Å²) < 4.78 is 5.41. The van der Waals surface area contributed by atoms with E-state index in [-0.39, 0.29) is 12.3 Å². The number of hydroxylamine groups is 1. The van der Waals surface area contributed by atoms with Gasteiger partial charge in [0.25, 0.3) is 0 Å². The number of piperidine rings is 1. The lowest BCUT2D eigenvalue weighted by Gasteiger charge is -2.39. The summed E-state index contributed by atoms with van der Waals surface area (Å²) in [5.41, 5.74) is 2.98. The Labute approximate surface area is 177 Å². The van der Waals surface area contributed by atoms with Crippen LogP contribution in [0.1, 0.15) is 43.6 Å². The van der Waals surface area contributed by atoms with Gasteiger partial charge in [0, 0.05) is 27.2 Å². The van der Waals surface area contributed by atoms with Crippen molar-refractivity contribution < 1.29 is 24.3 Å². The molecule has 3 amide bonds. The summed E-state index contributed by atoms with van der Waals surface area (Å²) in [5.74, 6) is -1.44. The second kappa shape index (κ2) is 9.93. The molecule has 3 unspecified atom stereocenters. The Morgan fingerprint density at radius 2 is 1.70 bits per heavy atom. The van der Waals surface area contributed by atoms with Crippen molar-refractivity contribution in [2.45, 2.75) is 44.1 Å². The summed E-state index contributed by atoms with van der Waals surface area (Å²) in [4.78, 5) is 40.5. The molecule has 3 rings (SSSR count). The highest BCUT2D eigenvalue weighted by atomic mass is 16.6. The first kappa shape index (κ1) is 22.1. The molecule has 1 aromatic rings. The second-order valence-electron chi connectivity index (χ2n) is 8.41. The summed E-state index contributed by atoms with van der Waals surface area (Å²) in [6, 6.07) is 10.3. The number of hydrogen-bond acceptors (Lipinski definition) is 5. The molecule has 1 heterocycles. The van der Waals surface area contributed by atoms with Gasteiger partial charge in [-0.2, -0.15) is 0 Å². The molecule has 0 aromatic heterocycles. The van der Waals surface area contributed by atoms with Crippen LogP contribution in [-0.2, 0) is 14.3 Å². The van der Waals surface area contributed by atoms with Crippen LogP contribution in [0.5, 0.6) is 0 Å². The van der Waals surface area contributed by atoms with Gasteiger partial charge in [-0.15, -0.1) is 0 Å². The SMILES string of the molecule is CN(C)C(=O)OC1CCC(C(=O)N2CCC(c3ccccc3)CC2)C(C(=O)NO)C1. The molecule has 1 aromatic carbocycles. The molecule has 2 fully saturated rings. The second-order valence-corrected chi connectivity index (χ2v) is 8.41. The Hall–Kier alpha value is -2.61. The molecule has 1 saturated carbocycles. The minimum absolute atomic E-state index is 0.0486. The van der Waals surface area contributed by atoms with E-state index in [1.165, 1.54) is 10.5 Å². The zero-order chi connectivity index (χ0) is 21.7. The number of nitrogens with one attached hydrogen (secondary N) is 1. The molecule has 1 saturated heterocycles. The van der Waals surface area contributed by atoms with E-state index in [0.717, 1.165) is 12.8 Å². The summed E-state index contributed by atoms with van der Waals surface area (Å²) in [6.07, 6.45) is 2.05. The Balaban J connectivity index is 1.61. The van der Waals surface area contributed by atoms with Crippen molar-refractivity contribution in [3.63, 3.8) is 0 Å². The quantitative estimate of drug-likeness (QED) is 0.579. The average molecular weight is 418 g/mol. The first-order chi connectivity index (χ1) is 14.4. The summed E-state index contributed by atoms with van der Waals surface area (Å²) in [5, 5.41) is 9.17. The maximum Gasteiger partial charge on any atom is 0.409 e. The highest BCUT2D eigenvalue weighted by Crippen LogP contribution is 2.35. The maximum atomic E-state index is 13.2. The topological polar surface area (TPSA) is 99.2 Å². The van der Waals surface area contributed by atoms with Crippen LogP contribution in [0.3, 0.4) is 0 Å². The first-order valence-corrected chi connectivity index (χ1v) is 10.6. The normalized spacial score (nSPS) is 24.8. The summed E-state index contributed by atoms with van der Waals surface area (Å²) >= 11 is 0. The van der Waals surface area contributed by atoms with Gasteiger partial charge in [-0.05, 0) is 43.6 Å². The van der Waals surface area contributed by atoms with Crippen LogP contribution in [-0.4, -0.2) is 66.2 Å². The number of carbonyl (C=O) groups is 3. The van der Waals surface area contributed by atoms with Gasteiger partial charge in [0.05, 0.1) is 11.8 Å². The highest BCUT2D eigenvalue weighted by molar-refractivity contribution is 5.87. The van der Waals surface area contributed by atoms with Gasteiger partial charge in [-0.1, -0.05) is 30.3 Å². The summed E-state index contributed by atoms with van der Waals surface area (Å²) in [6.45, 7) is 1.31. The largest absolute Gasteiger partial charge is 0.446 e. The molecular formula is C22H31N3O5. The van der Waals surface area contributed by atoms with Crippen LogP contribution in [0.15, 0.2) is 30.3 Å². The zero-order valence-electron chi connectivity index (χ0n) is 17.6. The van der Waals surface area contributed by atoms with Crippen LogP contribution in [0, 0.1) is 11.8 Å². The number of benzene rings is 1. The molecule has 30 heavy (non-hydrogen) atoms. The van der Waals surface area contributed by atoms with Crippen LogP contribution in [0.2, 0.25) is 0 Å². The lowest BCUT2D eigenvalue weighted by molar-refractivity contribution is -0.149. The van der Waals surface area contributed by atoms with E-state index < -0.39 is 29.9 Å². The van der Waals surface area contributed by atoms with E-state index in [4.69, 9.17) is 4.74 Å². The van der Waals surface area contributed by atoms with Gasteiger partial charge < -0.3 is 14.5 Å². The van der Waals surface area contributed by atoms with Crippen molar-refractivity contribution in [2.75, 3.05) is 27.2 Å². The van der Waals surface area contributed by atoms with Crippen molar-refractivity contribution in [1.82, 2.24) is 15.3 Å². The molecule has 2 N–H and O–H groups in total. The molecular weight excluding hydrogens is 386 g/mol. The highest BCUT2D eigenvalue weighted by Gasteiger charge is 2.42. The fraction of sp³-hybridized carbons (Fsp3) is 0.591. The fourth-order valence-electron chi connectivity index (χ4n) is 4.55. The van der Waals surface area contributed by atoms with Gasteiger partial charge in [0.15, 0.2) is 0 Å². The predicted octanol–water partition coefficient (Wildman–Crippen LogP) is 2.38. The number of ether oxygens (including phenoxy) is 1. The molecule has 0 radical (unpaired) electrons. The molecule has 1 aliphatic carbocycles. The van der Waals surface area contributed by atoms with E-state index in [1.54, 1.807) is 19.6 Å². The van der Waals surface area contributed by atoms with Crippen molar-refractivity contribution in [1.29, 1.82) is 0 Å². The number of hydrogen-bond donors (Lipinski definition) is 2. The molecule has 8 heteroatoms. The third kappa shape index (κ3) is 5.11. The maximum absolute atomic E-state index is 13.2. The van der Waals surface area contributed by atoms with Crippen LogP contribution >= 0.6 is 0 Å². The number of likely N-dealkylation sites (tertiary alicyclic amines) is 1. The van der Waals surface area contributed by atoms with Gasteiger partial charge in [-0.25, -0.2) is 10.3 Å². The van der Waals surface area contributed by atoms with Gasteiger partial charge in [0.1, 0.15) is 6.10 Å². The van der Waals surface area contributed by atoms with Crippen LogP contribution < -0.4 is 5.48 Å². The molecule has 3 atom stereocenters. The van der Waals surface area contributed by atoms with Crippen molar-refractivity contribution in [3.8, 4) is 0 Å². The van der Waals surface area contributed by atoms with E-state index in [2.05, 4.69) is 12.1 Å². The number of amides is 3. The van der Waals surface area contributed by atoms with E-state index in [9.17, 15) is 19.6 Å². The standard InChI is InChI=1S/C22H31N3O5/c1-24(2)22(28)30-17-8-9-18(19(14-17)20(26)23-29)21(27)25-12-10-16(11-13-25)15-6-4-3-5-7-15/h3-7,16-19,29H,8-14H2,1-2H3,(H,23,26). The molecule has 2 aliphatic rings. The van der Waals surface area contributed by atoms with Crippen molar-refractivity contribution in [3.05, 3.63) is 35.9 Å². The number of carbonyl (C=O) groups excluding carboxylic acids is 3. The third-order valence-corrected chi connectivity index (χ3v) is 6.28. The molecule has 1 aliphatic heterocycles. The zero-order valence-corrected chi connectivity index (χ0v) is 17.6. The van der Waals surface area contributed by atoms with Crippen molar-refractivity contribution >= 4 is 17.9 Å². The summed E-state index contributed by atoms with van der Waals surface area (Å²) in [7, 11) is 3.18.